The number of ether oxygens (including phenoxy) is 1. The molecule has 1 aromatic carbocycles. The fraction of sp³-hybridized carbons (Fsp3) is 0.692. The number of nitrogens with one attached hydrogen (secondary N) is 1. The van der Waals surface area contributed by atoms with Crippen LogP contribution in [0.5, 0.6) is 5.75 Å². The van der Waals surface area contributed by atoms with Crippen LogP contribution in [-0.4, -0.2) is 56.8 Å². The monoisotopic (exact) mass is 501 g/mol. The summed E-state index contributed by atoms with van der Waals surface area (Å²) in [5.74, 6) is 2.26. The van der Waals surface area contributed by atoms with Crippen molar-refractivity contribution < 1.29 is 22.7 Å². The van der Waals surface area contributed by atoms with Gasteiger partial charge in [0.15, 0.2) is 6.61 Å². The van der Waals surface area contributed by atoms with Crippen LogP contribution in [0.3, 0.4) is 0 Å². The molecule has 4 bridgehead atoms. The molecule has 2 heterocycles. The molecule has 2 aliphatic heterocycles. The third-order valence-electron chi connectivity index (χ3n) is 9.26. The largest absolute Gasteiger partial charge is 0.482 e. The zero-order chi connectivity index (χ0) is 24.4. The minimum Gasteiger partial charge on any atom is -0.482 e. The summed E-state index contributed by atoms with van der Waals surface area (Å²) in [5, 5.41) is 3.23. The third kappa shape index (κ3) is 4.04. The van der Waals surface area contributed by atoms with Crippen molar-refractivity contribution in [1.82, 2.24) is 9.62 Å². The summed E-state index contributed by atoms with van der Waals surface area (Å²) in [7, 11) is -3.65. The van der Waals surface area contributed by atoms with Gasteiger partial charge in [-0.2, -0.15) is 4.31 Å². The highest BCUT2D eigenvalue weighted by Crippen LogP contribution is 2.61. The van der Waals surface area contributed by atoms with Crippen molar-refractivity contribution in [3.63, 3.8) is 0 Å². The highest BCUT2D eigenvalue weighted by Gasteiger charge is 2.53. The van der Waals surface area contributed by atoms with Crippen molar-refractivity contribution in [1.29, 1.82) is 0 Å². The van der Waals surface area contributed by atoms with Crippen molar-refractivity contribution in [2.45, 2.75) is 69.2 Å². The van der Waals surface area contributed by atoms with Crippen LogP contribution in [0.2, 0.25) is 0 Å². The standard InChI is InChI=1S/C26H35N3O5S/c1-17(26-12-18-8-19(13-26)10-20(9-18)14-26)27-24(30)15-29-22-11-21(4-5-23(22)34-16-25(29)31)35(32,33)28-6-2-3-7-28/h4-5,11,17-20H,2-3,6-10,12-16H2,1H3,(H,27,30). The zero-order valence-electron chi connectivity index (χ0n) is 20.4. The molecule has 190 valence electrons. The summed E-state index contributed by atoms with van der Waals surface area (Å²) in [6.07, 6.45) is 9.32. The van der Waals surface area contributed by atoms with E-state index in [1.807, 2.05) is 0 Å². The first kappa shape index (κ1) is 23.3. The molecule has 1 saturated heterocycles. The summed E-state index contributed by atoms with van der Waals surface area (Å²) in [6, 6.07) is 4.65. The van der Waals surface area contributed by atoms with Gasteiger partial charge < -0.3 is 10.1 Å². The van der Waals surface area contributed by atoms with Gasteiger partial charge in [0.1, 0.15) is 12.3 Å². The van der Waals surface area contributed by atoms with Gasteiger partial charge in [-0.1, -0.05) is 0 Å². The van der Waals surface area contributed by atoms with Crippen LogP contribution >= 0.6 is 0 Å². The van der Waals surface area contributed by atoms with E-state index in [2.05, 4.69) is 12.2 Å². The Morgan fingerprint density at radius 3 is 2.37 bits per heavy atom. The fourth-order valence-electron chi connectivity index (χ4n) is 7.89. The molecule has 9 heteroatoms. The Bertz CT molecular complexity index is 1110. The van der Waals surface area contributed by atoms with E-state index in [0.717, 1.165) is 30.6 Å². The second-order valence-corrected chi connectivity index (χ2v) is 13.5. The van der Waals surface area contributed by atoms with Crippen molar-refractivity contribution in [3.8, 4) is 5.75 Å². The number of carbonyl (C=O) groups is 2. The van der Waals surface area contributed by atoms with Gasteiger partial charge in [-0.05, 0) is 99.7 Å². The molecule has 1 atom stereocenters. The number of amides is 2. The molecule has 0 spiro atoms. The quantitative estimate of drug-likeness (QED) is 0.647. The fourth-order valence-corrected chi connectivity index (χ4v) is 9.42. The third-order valence-corrected chi connectivity index (χ3v) is 11.2. The van der Waals surface area contributed by atoms with Crippen LogP contribution in [0.25, 0.3) is 0 Å². The zero-order valence-corrected chi connectivity index (χ0v) is 21.2. The number of fused-ring (bicyclic) bond motifs is 1. The molecule has 8 nitrogen and oxygen atoms in total. The first-order valence-electron chi connectivity index (χ1n) is 13.1. The Morgan fingerprint density at radius 2 is 1.74 bits per heavy atom. The molecule has 7 rings (SSSR count). The molecule has 5 fully saturated rings. The highest BCUT2D eigenvalue weighted by molar-refractivity contribution is 7.89. The lowest BCUT2D eigenvalue weighted by Crippen LogP contribution is -2.57. The second kappa shape index (κ2) is 8.47. The predicted octanol–water partition coefficient (Wildman–Crippen LogP) is 2.92. The SMILES string of the molecule is CC(NC(=O)CN1C(=O)COc2ccc(S(=O)(=O)N3CCCC3)cc21)C12CC3CC(CC(C3)C1)C2. The first-order valence-corrected chi connectivity index (χ1v) is 14.5. The van der Waals surface area contributed by atoms with Crippen molar-refractivity contribution in [2.24, 2.45) is 23.2 Å². The molecule has 6 aliphatic rings. The van der Waals surface area contributed by atoms with Crippen LogP contribution in [0.15, 0.2) is 23.1 Å². The normalized spacial score (nSPS) is 32.9. The van der Waals surface area contributed by atoms with Gasteiger partial charge >= 0.3 is 0 Å². The van der Waals surface area contributed by atoms with Crippen LogP contribution in [0, 0.1) is 23.2 Å². The van der Waals surface area contributed by atoms with E-state index in [0.29, 0.717) is 24.5 Å². The number of carbonyl (C=O) groups excluding carboxylic acids is 2. The molecule has 4 saturated carbocycles. The lowest BCUT2D eigenvalue weighted by atomic mass is 9.48. The Balaban J connectivity index is 1.20. The summed E-state index contributed by atoms with van der Waals surface area (Å²) >= 11 is 0. The number of hydrogen-bond donors (Lipinski definition) is 1. The molecular formula is C26H35N3O5S. The predicted molar refractivity (Wildman–Crippen MR) is 130 cm³/mol. The molecule has 35 heavy (non-hydrogen) atoms. The molecule has 1 unspecified atom stereocenters. The van der Waals surface area contributed by atoms with Crippen molar-refractivity contribution >= 4 is 27.5 Å². The van der Waals surface area contributed by atoms with Crippen molar-refractivity contribution in [3.05, 3.63) is 18.2 Å². The minimum absolute atomic E-state index is 0.0564. The van der Waals surface area contributed by atoms with Gasteiger partial charge in [0.05, 0.1) is 10.6 Å². The van der Waals surface area contributed by atoms with E-state index >= 15 is 0 Å². The molecule has 0 radical (unpaired) electrons. The van der Waals surface area contributed by atoms with Gasteiger partial charge in [-0.3, -0.25) is 14.5 Å². The average molecular weight is 502 g/mol. The van der Waals surface area contributed by atoms with Gasteiger partial charge in [0.2, 0.25) is 15.9 Å². The smallest absolute Gasteiger partial charge is 0.265 e. The number of anilines is 1. The van der Waals surface area contributed by atoms with Crippen LogP contribution in [-0.2, 0) is 19.6 Å². The number of benzene rings is 1. The average Bonchev–Trinajstić information content (AvgIpc) is 3.36. The summed E-state index contributed by atoms with van der Waals surface area (Å²) in [5.41, 5.74) is 0.521. The first-order chi connectivity index (χ1) is 16.7. The molecule has 4 aliphatic carbocycles. The Morgan fingerprint density at radius 1 is 1.11 bits per heavy atom. The van der Waals surface area contributed by atoms with Gasteiger partial charge in [0, 0.05) is 19.1 Å². The minimum atomic E-state index is -3.65. The molecule has 1 aromatic rings. The molecule has 1 N–H and O–H groups in total. The van der Waals surface area contributed by atoms with Crippen molar-refractivity contribution in [2.75, 3.05) is 31.1 Å². The lowest BCUT2D eigenvalue weighted by Gasteiger charge is -2.59. The topological polar surface area (TPSA) is 96.0 Å². The second-order valence-electron chi connectivity index (χ2n) is 11.6. The maximum atomic E-state index is 13.2. The number of rotatable bonds is 6. The number of hydrogen-bond acceptors (Lipinski definition) is 5. The van der Waals surface area contributed by atoms with E-state index in [1.54, 1.807) is 6.07 Å². The Hall–Kier alpha value is -2.13. The molecule has 0 aromatic heterocycles. The maximum absolute atomic E-state index is 13.2. The van der Waals surface area contributed by atoms with Crippen LogP contribution in [0.4, 0.5) is 5.69 Å². The molecule has 2 amide bonds. The highest BCUT2D eigenvalue weighted by atomic mass is 32.2. The summed E-state index contributed by atoms with van der Waals surface area (Å²) in [4.78, 5) is 27.5. The van der Waals surface area contributed by atoms with Crippen LogP contribution in [0.1, 0.15) is 58.3 Å². The van der Waals surface area contributed by atoms with E-state index in [-0.39, 0.29) is 41.3 Å². The van der Waals surface area contributed by atoms with Gasteiger partial charge in [-0.15, -0.1) is 0 Å². The van der Waals surface area contributed by atoms with E-state index in [1.165, 1.54) is 59.9 Å². The van der Waals surface area contributed by atoms with E-state index < -0.39 is 10.0 Å². The van der Waals surface area contributed by atoms with Gasteiger partial charge in [0.25, 0.3) is 5.91 Å². The van der Waals surface area contributed by atoms with Gasteiger partial charge in [-0.25, -0.2) is 8.42 Å². The summed E-state index contributed by atoms with van der Waals surface area (Å²) < 4.78 is 33.2. The van der Waals surface area contributed by atoms with E-state index in [9.17, 15) is 18.0 Å². The Labute approximate surface area is 207 Å². The lowest BCUT2D eigenvalue weighted by molar-refractivity contribution is -0.127. The number of nitrogens with zero attached hydrogens (tertiary/aromatic N) is 2. The van der Waals surface area contributed by atoms with Crippen LogP contribution < -0.4 is 15.0 Å². The summed E-state index contributed by atoms with van der Waals surface area (Å²) in [6.45, 7) is 2.83. The number of sulfonamides is 1. The maximum Gasteiger partial charge on any atom is 0.265 e. The molecular weight excluding hydrogens is 466 g/mol. The van der Waals surface area contributed by atoms with E-state index in [4.69, 9.17) is 4.74 Å². The Kier molecular flexibility index (Phi) is 5.64.